The van der Waals surface area contributed by atoms with Gasteiger partial charge in [-0.05, 0) is 26.0 Å². The van der Waals surface area contributed by atoms with Gasteiger partial charge in [-0.25, -0.2) is 9.67 Å². The molecule has 0 saturated carbocycles. The minimum atomic E-state index is -0.107. The molecule has 2 aromatic rings. The number of nitrogens with zero attached hydrogens (tertiary/aromatic N) is 5. The molecule has 6 nitrogen and oxygen atoms in total. The molecule has 0 aromatic carbocycles. The van der Waals surface area contributed by atoms with E-state index in [1.807, 2.05) is 24.6 Å². The Kier molecular flexibility index (Phi) is 2.77. The van der Waals surface area contributed by atoms with Crippen molar-refractivity contribution in [2.45, 2.75) is 33.0 Å². The molecule has 0 saturated heterocycles. The van der Waals surface area contributed by atoms with Crippen LogP contribution >= 0.6 is 0 Å². The number of carbonyl (C=O) groups is 1. The third-order valence-corrected chi connectivity index (χ3v) is 3.49. The first-order valence-electron chi connectivity index (χ1n) is 6.35. The summed E-state index contributed by atoms with van der Waals surface area (Å²) < 4.78 is 1.81. The standard InChI is InChI=1S/C13H15N5O/c1-3-18-12(15-8-16-18)9(2)17-7-11-10(13(17)19)5-4-6-14-11/h4-6,8-9H,3,7H2,1-2H3. The molecule has 1 amide bonds. The average Bonchev–Trinajstić information content (AvgIpc) is 3.03. The van der Waals surface area contributed by atoms with Crippen molar-refractivity contribution in [1.82, 2.24) is 24.6 Å². The molecular weight excluding hydrogens is 242 g/mol. The van der Waals surface area contributed by atoms with E-state index in [9.17, 15) is 4.79 Å². The summed E-state index contributed by atoms with van der Waals surface area (Å²) in [6.07, 6.45) is 3.25. The summed E-state index contributed by atoms with van der Waals surface area (Å²) in [6.45, 7) is 5.26. The van der Waals surface area contributed by atoms with Gasteiger partial charge in [-0.1, -0.05) is 0 Å². The number of amides is 1. The number of pyridine rings is 1. The van der Waals surface area contributed by atoms with Crippen molar-refractivity contribution < 1.29 is 4.79 Å². The van der Waals surface area contributed by atoms with Gasteiger partial charge in [0.2, 0.25) is 0 Å². The first kappa shape index (κ1) is 11.8. The van der Waals surface area contributed by atoms with Gasteiger partial charge in [0.25, 0.3) is 5.91 Å². The van der Waals surface area contributed by atoms with E-state index in [0.29, 0.717) is 12.1 Å². The number of aromatic nitrogens is 4. The van der Waals surface area contributed by atoms with Crippen LogP contribution in [0, 0.1) is 0 Å². The number of hydrogen-bond donors (Lipinski definition) is 0. The van der Waals surface area contributed by atoms with Crippen molar-refractivity contribution in [1.29, 1.82) is 0 Å². The zero-order chi connectivity index (χ0) is 13.4. The zero-order valence-corrected chi connectivity index (χ0v) is 10.9. The van der Waals surface area contributed by atoms with Crippen LogP contribution < -0.4 is 0 Å². The van der Waals surface area contributed by atoms with Crippen LogP contribution in [0.4, 0.5) is 0 Å². The van der Waals surface area contributed by atoms with Gasteiger partial charge in [0, 0.05) is 12.7 Å². The summed E-state index contributed by atoms with van der Waals surface area (Å²) >= 11 is 0. The molecule has 1 aliphatic heterocycles. The second-order valence-electron chi connectivity index (χ2n) is 4.54. The maximum absolute atomic E-state index is 12.4. The van der Waals surface area contributed by atoms with Crippen molar-refractivity contribution in [2.24, 2.45) is 0 Å². The van der Waals surface area contributed by atoms with E-state index in [1.54, 1.807) is 17.2 Å². The molecule has 98 valence electrons. The Morgan fingerprint density at radius 3 is 3.00 bits per heavy atom. The average molecular weight is 257 g/mol. The van der Waals surface area contributed by atoms with E-state index >= 15 is 0 Å². The smallest absolute Gasteiger partial charge is 0.256 e. The summed E-state index contributed by atoms with van der Waals surface area (Å²) in [5, 5.41) is 4.15. The summed E-state index contributed by atoms with van der Waals surface area (Å²) in [7, 11) is 0. The topological polar surface area (TPSA) is 63.9 Å². The Bertz CT molecular complexity index is 621. The van der Waals surface area contributed by atoms with Crippen LogP contribution in [0.5, 0.6) is 0 Å². The van der Waals surface area contributed by atoms with Crippen LogP contribution in [0.1, 0.15) is 41.8 Å². The van der Waals surface area contributed by atoms with Crippen molar-refractivity contribution in [2.75, 3.05) is 0 Å². The Balaban J connectivity index is 1.91. The Morgan fingerprint density at radius 2 is 2.26 bits per heavy atom. The van der Waals surface area contributed by atoms with Gasteiger partial charge in [-0.15, -0.1) is 0 Å². The van der Waals surface area contributed by atoms with Gasteiger partial charge in [-0.2, -0.15) is 5.10 Å². The molecule has 1 unspecified atom stereocenters. The maximum Gasteiger partial charge on any atom is 0.256 e. The predicted molar refractivity (Wildman–Crippen MR) is 68.2 cm³/mol. The SMILES string of the molecule is CCn1ncnc1C(C)N1Cc2ncccc2C1=O. The first-order valence-corrected chi connectivity index (χ1v) is 6.35. The lowest BCUT2D eigenvalue weighted by atomic mass is 10.2. The van der Waals surface area contributed by atoms with Crippen molar-refractivity contribution in [3.05, 3.63) is 41.7 Å². The van der Waals surface area contributed by atoms with E-state index in [-0.39, 0.29) is 11.9 Å². The van der Waals surface area contributed by atoms with Gasteiger partial charge in [0.15, 0.2) is 0 Å². The number of rotatable bonds is 3. The van der Waals surface area contributed by atoms with Crippen molar-refractivity contribution in [3.63, 3.8) is 0 Å². The van der Waals surface area contributed by atoms with Crippen LogP contribution in [0.15, 0.2) is 24.7 Å². The van der Waals surface area contributed by atoms with Crippen LogP contribution in [-0.4, -0.2) is 30.6 Å². The monoisotopic (exact) mass is 257 g/mol. The van der Waals surface area contributed by atoms with Gasteiger partial charge in [-0.3, -0.25) is 9.78 Å². The summed E-state index contributed by atoms with van der Waals surface area (Å²) in [6, 6.07) is 3.51. The van der Waals surface area contributed by atoms with Crippen molar-refractivity contribution in [3.8, 4) is 0 Å². The summed E-state index contributed by atoms with van der Waals surface area (Å²) in [5.74, 6) is 0.824. The molecular formula is C13H15N5O. The minimum absolute atomic E-state index is 0.0150. The molecule has 0 spiro atoms. The molecule has 3 rings (SSSR count). The molecule has 19 heavy (non-hydrogen) atoms. The van der Waals surface area contributed by atoms with Crippen LogP contribution in [-0.2, 0) is 13.1 Å². The van der Waals surface area contributed by atoms with Crippen LogP contribution in [0.25, 0.3) is 0 Å². The van der Waals surface area contributed by atoms with E-state index in [4.69, 9.17) is 0 Å². The quantitative estimate of drug-likeness (QED) is 0.834. The van der Waals surface area contributed by atoms with Crippen LogP contribution in [0.2, 0.25) is 0 Å². The van der Waals surface area contributed by atoms with Gasteiger partial charge in [0.1, 0.15) is 12.2 Å². The highest BCUT2D eigenvalue weighted by atomic mass is 16.2. The fourth-order valence-corrected chi connectivity index (χ4v) is 2.44. The van der Waals surface area contributed by atoms with Crippen LogP contribution in [0.3, 0.4) is 0 Å². The zero-order valence-electron chi connectivity index (χ0n) is 10.9. The molecule has 2 aromatic heterocycles. The molecule has 6 heteroatoms. The van der Waals surface area contributed by atoms with E-state index < -0.39 is 0 Å². The molecule has 1 atom stereocenters. The highest BCUT2D eigenvalue weighted by molar-refractivity contribution is 5.97. The van der Waals surface area contributed by atoms with E-state index in [0.717, 1.165) is 18.1 Å². The first-order chi connectivity index (χ1) is 9.22. The molecule has 0 fully saturated rings. The largest absolute Gasteiger partial charge is 0.323 e. The lowest BCUT2D eigenvalue weighted by molar-refractivity contribution is 0.0704. The van der Waals surface area contributed by atoms with Gasteiger partial charge < -0.3 is 4.90 Å². The third kappa shape index (κ3) is 1.80. The second kappa shape index (κ2) is 4.46. The summed E-state index contributed by atoms with van der Waals surface area (Å²) in [5.41, 5.74) is 1.53. The van der Waals surface area contributed by atoms with Crippen molar-refractivity contribution >= 4 is 5.91 Å². The number of carbonyl (C=O) groups excluding carboxylic acids is 1. The molecule has 3 heterocycles. The summed E-state index contributed by atoms with van der Waals surface area (Å²) in [4.78, 5) is 22.7. The lowest BCUT2D eigenvalue weighted by Crippen LogP contribution is -2.29. The van der Waals surface area contributed by atoms with Gasteiger partial charge in [0.05, 0.1) is 23.8 Å². The predicted octanol–water partition coefficient (Wildman–Crippen LogP) is 1.41. The fourth-order valence-electron chi connectivity index (χ4n) is 2.44. The maximum atomic E-state index is 12.4. The van der Waals surface area contributed by atoms with Gasteiger partial charge >= 0.3 is 0 Å². The fraction of sp³-hybridized carbons (Fsp3) is 0.385. The Hall–Kier alpha value is -2.24. The van der Waals surface area contributed by atoms with E-state index in [1.165, 1.54) is 6.33 Å². The van der Waals surface area contributed by atoms with E-state index in [2.05, 4.69) is 15.1 Å². The number of hydrogen-bond acceptors (Lipinski definition) is 4. The Morgan fingerprint density at radius 1 is 1.42 bits per heavy atom. The Labute approximate surface area is 111 Å². The number of fused-ring (bicyclic) bond motifs is 1. The lowest BCUT2D eigenvalue weighted by Gasteiger charge is -2.23. The highest BCUT2D eigenvalue weighted by Crippen LogP contribution is 2.28. The molecule has 1 aliphatic rings. The highest BCUT2D eigenvalue weighted by Gasteiger charge is 2.33. The number of aryl methyl sites for hydroxylation is 1. The molecule has 0 radical (unpaired) electrons. The normalized spacial score (nSPS) is 15.7. The third-order valence-electron chi connectivity index (χ3n) is 3.49. The molecule has 0 bridgehead atoms. The molecule has 0 N–H and O–H groups in total. The minimum Gasteiger partial charge on any atom is -0.323 e. The second-order valence-corrected chi connectivity index (χ2v) is 4.54. The molecule has 0 aliphatic carbocycles.